The molecule has 4 rings (SSSR count). The van der Waals surface area contributed by atoms with Crippen LogP contribution in [-0.2, 0) is 9.47 Å². The van der Waals surface area contributed by atoms with Crippen molar-refractivity contribution in [2.24, 2.45) is 0 Å². The van der Waals surface area contributed by atoms with E-state index >= 15 is 0 Å². The maximum atomic E-state index is 12.6. The first-order chi connectivity index (χ1) is 12.2. The first-order valence-corrected chi connectivity index (χ1v) is 8.46. The molecule has 0 radical (unpaired) electrons. The molecule has 2 aromatic rings. The number of carbonyl (C=O) groups is 1. The molecule has 1 N–H and O–H groups in total. The van der Waals surface area contributed by atoms with E-state index in [0.29, 0.717) is 37.4 Å². The van der Waals surface area contributed by atoms with Crippen molar-refractivity contribution in [3.8, 4) is 0 Å². The number of carbonyl (C=O) groups excluding carboxylic acids is 1. The van der Waals surface area contributed by atoms with Crippen LogP contribution in [0.3, 0.4) is 0 Å². The molecule has 1 aromatic carbocycles. The summed E-state index contributed by atoms with van der Waals surface area (Å²) in [6.07, 6.45) is 0. The van der Waals surface area contributed by atoms with Gasteiger partial charge in [0, 0.05) is 19.2 Å². The third-order valence-corrected chi connectivity index (χ3v) is 4.74. The number of hydrogen-bond donors (Lipinski definition) is 1. The van der Waals surface area contributed by atoms with Crippen LogP contribution in [0.5, 0.6) is 0 Å². The number of morpholine rings is 1. The van der Waals surface area contributed by atoms with Gasteiger partial charge >= 0.3 is 0 Å². The van der Waals surface area contributed by atoms with Crippen molar-refractivity contribution in [2.75, 3.05) is 39.5 Å². The van der Waals surface area contributed by atoms with Crippen LogP contribution in [0.15, 0.2) is 39.5 Å². The van der Waals surface area contributed by atoms with Crippen LogP contribution in [-0.4, -0.2) is 62.4 Å². The summed E-state index contributed by atoms with van der Waals surface area (Å²) in [5, 5.41) is 3.42. The van der Waals surface area contributed by atoms with Gasteiger partial charge in [-0.3, -0.25) is 14.5 Å². The molecular weight excluding hydrogens is 324 g/mol. The third-order valence-electron chi connectivity index (χ3n) is 4.74. The van der Waals surface area contributed by atoms with Gasteiger partial charge in [-0.2, -0.15) is 0 Å². The Hall–Kier alpha value is -2.22. The topological polar surface area (TPSA) is 81.0 Å². The lowest BCUT2D eigenvalue weighted by Crippen LogP contribution is -2.54. The van der Waals surface area contributed by atoms with Gasteiger partial charge in [0.1, 0.15) is 5.58 Å². The number of nitrogens with one attached hydrogen (secondary N) is 1. The smallest absolute Gasteiger partial charge is 0.287 e. The zero-order valence-corrected chi connectivity index (χ0v) is 13.8. The van der Waals surface area contributed by atoms with E-state index in [1.807, 2.05) is 0 Å². The van der Waals surface area contributed by atoms with Gasteiger partial charge in [-0.25, -0.2) is 0 Å². The van der Waals surface area contributed by atoms with Gasteiger partial charge in [0.05, 0.1) is 43.9 Å². The lowest BCUT2D eigenvalue weighted by molar-refractivity contribution is 0.0107. The summed E-state index contributed by atoms with van der Waals surface area (Å²) in [4.78, 5) is 27.0. The zero-order chi connectivity index (χ0) is 17.2. The predicted molar refractivity (Wildman–Crippen MR) is 90.7 cm³/mol. The molecule has 2 atom stereocenters. The van der Waals surface area contributed by atoms with Gasteiger partial charge in [-0.1, -0.05) is 12.1 Å². The van der Waals surface area contributed by atoms with E-state index in [2.05, 4.69) is 10.2 Å². The SMILES string of the molecule is O=C(N[C@H]1COC[C@@H]1N1CCOCC1)c1cc(=O)c2ccccc2o1. The van der Waals surface area contributed by atoms with Gasteiger partial charge in [0.15, 0.2) is 11.2 Å². The molecule has 2 aliphatic rings. The Morgan fingerprint density at radius 2 is 1.92 bits per heavy atom. The molecule has 2 aliphatic heterocycles. The van der Waals surface area contributed by atoms with E-state index < -0.39 is 5.91 Å². The molecule has 0 unspecified atom stereocenters. The van der Waals surface area contributed by atoms with Gasteiger partial charge < -0.3 is 19.2 Å². The molecule has 2 saturated heterocycles. The number of rotatable bonds is 3. The highest BCUT2D eigenvalue weighted by atomic mass is 16.5. The molecule has 25 heavy (non-hydrogen) atoms. The number of fused-ring (bicyclic) bond motifs is 1. The predicted octanol–water partition coefficient (Wildman–Crippen LogP) is 0.622. The van der Waals surface area contributed by atoms with Gasteiger partial charge in [0.25, 0.3) is 5.91 Å². The Morgan fingerprint density at radius 1 is 1.12 bits per heavy atom. The number of ether oxygens (including phenoxy) is 2. The second kappa shape index (κ2) is 6.95. The number of amides is 1. The zero-order valence-electron chi connectivity index (χ0n) is 13.8. The van der Waals surface area contributed by atoms with Crippen LogP contribution in [0.1, 0.15) is 10.6 Å². The number of hydrogen-bond acceptors (Lipinski definition) is 6. The highest BCUT2D eigenvalue weighted by molar-refractivity contribution is 5.93. The Kier molecular flexibility index (Phi) is 4.52. The molecule has 0 saturated carbocycles. The minimum atomic E-state index is -0.392. The van der Waals surface area contributed by atoms with E-state index in [1.54, 1.807) is 24.3 Å². The Balaban J connectivity index is 1.52. The van der Waals surface area contributed by atoms with Crippen LogP contribution in [0.2, 0.25) is 0 Å². The van der Waals surface area contributed by atoms with Crippen molar-refractivity contribution in [3.63, 3.8) is 0 Å². The minimum absolute atomic E-state index is 0.0244. The fourth-order valence-electron chi connectivity index (χ4n) is 3.41. The Bertz CT molecular complexity index is 828. The van der Waals surface area contributed by atoms with E-state index in [0.717, 1.165) is 13.1 Å². The van der Waals surface area contributed by atoms with E-state index in [-0.39, 0.29) is 23.3 Å². The summed E-state index contributed by atoms with van der Waals surface area (Å²) < 4.78 is 16.6. The molecule has 1 amide bonds. The van der Waals surface area contributed by atoms with Gasteiger partial charge in [-0.15, -0.1) is 0 Å². The Labute approximate surface area is 144 Å². The lowest BCUT2D eigenvalue weighted by Gasteiger charge is -2.34. The van der Waals surface area contributed by atoms with Crippen molar-refractivity contribution in [1.82, 2.24) is 10.2 Å². The van der Waals surface area contributed by atoms with Crippen LogP contribution in [0.25, 0.3) is 11.0 Å². The van der Waals surface area contributed by atoms with Crippen molar-refractivity contribution < 1.29 is 18.7 Å². The molecule has 0 bridgehead atoms. The second-order valence-electron chi connectivity index (χ2n) is 6.30. The van der Waals surface area contributed by atoms with Crippen LogP contribution in [0.4, 0.5) is 0 Å². The van der Waals surface area contributed by atoms with Crippen molar-refractivity contribution in [3.05, 3.63) is 46.3 Å². The van der Waals surface area contributed by atoms with Crippen molar-refractivity contribution >= 4 is 16.9 Å². The number of para-hydroxylation sites is 1. The summed E-state index contributed by atoms with van der Waals surface area (Å²) in [6, 6.07) is 8.12. The fourth-order valence-corrected chi connectivity index (χ4v) is 3.41. The first kappa shape index (κ1) is 16.3. The number of nitrogens with zero attached hydrogens (tertiary/aromatic N) is 1. The maximum Gasteiger partial charge on any atom is 0.287 e. The summed E-state index contributed by atoms with van der Waals surface area (Å²) in [7, 11) is 0. The second-order valence-corrected chi connectivity index (χ2v) is 6.30. The highest BCUT2D eigenvalue weighted by Crippen LogP contribution is 2.17. The molecular formula is C18H20N2O5. The monoisotopic (exact) mass is 344 g/mol. The average Bonchev–Trinajstić information content (AvgIpc) is 3.10. The van der Waals surface area contributed by atoms with Crippen LogP contribution < -0.4 is 10.7 Å². The van der Waals surface area contributed by atoms with E-state index in [1.165, 1.54) is 6.07 Å². The van der Waals surface area contributed by atoms with Crippen molar-refractivity contribution in [2.45, 2.75) is 12.1 Å². The van der Waals surface area contributed by atoms with E-state index in [9.17, 15) is 9.59 Å². The van der Waals surface area contributed by atoms with E-state index in [4.69, 9.17) is 13.9 Å². The third kappa shape index (κ3) is 3.30. The number of benzene rings is 1. The van der Waals surface area contributed by atoms with Gasteiger partial charge in [-0.05, 0) is 12.1 Å². The lowest BCUT2D eigenvalue weighted by atomic mass is 10.1. The summed E-state index contributed by atoms with van der Waals surface area (Å²) in [5.41, 5.74) is 0.187. The normalized spacial score (nSPS) is 24.5. The highest BCUT2D eigenvalue weighted by Gasteiger charge is 2.35. The minimum Gasteiger partial charge on any atom is -0.451 e. The average molecular weight is 344 g/mol. The Morgan fingerprint density at radius 3 is 2.76 bits per heavy atom. The molecule has 3 heterocycles. The molecule has 7 heteroatoms. The van der Waals surface area contributed by atoms with Crippen LogP contribution in [0, 0.1) is 0 Å². The van der Waals surface area contributed by atoms with Crippen LogP contribution >= 0.6 is 0 Å². The fraction of sp³-hybridized carbons (Fsp3) is 0.444. The first-order valence-electron chi connectivity index (χ1n) is 8.46. The summed E-state index contributed by atoms with van der Waals surface area (Å²) in [5.74, 6) is -0.368. The molecule has 0 aliphatic carbocycles. The van der Waals surface area contributed by atoms with Gasteiger partial charge in [0.2, 0.25) is 0 Å². The molecule has 7 nitrogen and oxygen atoms in total. The largest absolute Gasteiger partial charge is 0.451 e. The maximum absolute atomic E-state index is 12.6. The van der Waals surface area contributed by atoms with Crippen molar-refractivity contribution in [1.29, 1.82) is 0 Å². The summed E-state index contributed by atoms with van der Waals surface area (Å²) in [6.45, 7) is 4.06. The molecule has 0 spiro atoms. The molecule has 2 fully saturated rings. The molecule has 132 valence electrons. The quantitative estimate of drug-likeness (QED) is 0.879. The standard InChI is InChI=1S/C18H20N2O5/c21-15-9-17(25-16-4-2-1-3-12(15)16)18(22)19-13-10-24-11-14(13)20-5-7-23-8-6-20/h1-4,9,13-14H,5-8,10-11H2,(H,19,22)/t13-,14-/m0/s1. The summed E-state index contributed by atoms with van der Waals surface area (Å²) >= 11 is 0. The molecule has 1 aromatic heterocycles.